The van der Waals surface area contributed by atoms with Gasteiger partial charge < -0.3 is 9.64 Å². The minimum absolute atomic E-state index is 0.143. The molecule has 0 bridgehead atoms. The van der Waals surface area contributed by atoms with Crippen LogP contribution in [0.4, 0.5) is 5.82 Å². The van der Waals surface area contributed by atoms with E-state index < -0.39 is 0 Å². The first kappa shape index (κ1) is 15.4. The number of esters is 1. The van der Waals surface area contributed by atoms with Crippen molar-refractivity contribution in [1.82, 2.24) is 14.9 Å². The third-order valence-corrected chi connectivity index (χ3v) is 3.41. The van der Waals surface area contributed by atoms with Crippen molar-refractivity contribution >= 4 is 18.1 Å². The summed E-state index contributed by atoms with van der Waals surface area (Å²) in [6.07, 6.45) is 4.22. The van der Waals surface area contributed by atoms with Gasteiger partial charge in [-0.1, -0.05) is 0 Å². The van der Waals surface area contributed by atoms with Crippen LogP contribution in [0.3, 0.4) is 0 Å². The third kappa shape index (κ3) is 4.49. The number of hydrogen-bond acceptors (Lipinski definition) is 7. The van der Waals surface area contributed by atoms with Gasteiger partial charge in [0.05, 0.1) is 25.4 Å². The Morgan fingerprint density at radius 2 is 2.05 bits per heavy atom. The van der Waals surface area contributed by atoms with Crippen molar-refractivity contribution in [2.24, 2.45) is 0 Å². The second-order valence-electron chi connectivity index (χ2n) is 4.80. The zero-order valence-electron chi connectivity index (χ0n) is 12.2. The highest BCUT2D eigenvalue weighted by molar-refractivity contribution is 5.71. The number of hydrogen-bond donors (Lipinski definition) is 0. The summed E-state index contributed by atoms with van der Waals surface area (Å²) in [6, 6.07) is 0. The molecule has 1 aromatic rings. The number of rotatable bonds is 6. The van der Waals surface area contributed by atoms with E-state index in [2.05, 4.69) is 19.8 Å². The minimum atomic E-state index is -0.143. The molecule has 7 heteroatoms. The summed E-state index contributed by atoms with van der Waals surface area (Å²) in [6.45, 7) is 6.38. The van der Waals surface area contributed by atoms with Gasteiger partial charge in [0.2, 0.25) is 0 Å². The molecule has 1 aliphatic heterocycles. The van der Waals surface area contributed by atoms with E-state index in [1.54, 1.807) is 6.20 Å². The highest BCUT2D eigenvalue weighted by atomic mass is 16.5. The monoisotopic (exact) mass is 292 g/mol. The van der Waals surface area contributed by atoms with E-state index in [1.165, 1.54) is 6.20 Å². The first-order valence-corrected chi connectivity index (χ1v) is 7.13. The molecule has 21 heavy (non-hydrogen) atoms. The van der Waals surface area contributed by atoms with E-state index in [4.69, 9.17) is 4.74 Å². The Morgan fingerprint density at radius 1 is 1.29 bits per heavy atom. The maximum Gasteiger partial charge on any atom is 0.307 e. The summed E-state index contributed by atoms with van der Waals surface area (Å²) in [5, 5.41) is 0. The molecule has 7 nitrogen and oxygen atoms in total. The van der Waals surface area contributed by atoms with Gasteiger partial charge in [-0.15, -0.1) is 0 Å². The number of carbonyl (C=O) groups is 2. The Labute approximate surface area is 123 Å². The Hall–Kier alpha value is -2.02. The Balaban J connectivity index is 1.77. The molecule has 0 atom stereocenters. The van der Waals surface area contributed by atoms with Gasteiger partial charge in [-0.25, -0.2) is 9.97 Å². The molecule has 0 saturated carbocycles. The molecular weight excluding hydrogens is 272 g/mol. The van der Waals surface area contributed by atoms with E-state index in [1.807, 2.05) is 6.92 Å². The van der Waals surface area contributed by atoms with Crippen molar-refractivity contribution in [2.75, 3.05) is 44.2 Å². The summed E-state index contributed by atoms with van der Waals surface area (Å²) in [5.41, 5.74) is 0.340. The first-order valence-electron chi connectivity index (χ1n) is 7.13. The van der Waals surface area contributed by atoms with Crippen LogP contribution in [0, 0.1) is 0 Å². The predicted molar refractivity (Wildman–Crippen MR) is 77.3 cm³/mol. The number of aldehydes is 1. The van der Waals surface area contributed by atoms with Gasteiger partial charge in [-0.05, 0) is 6.92 Å². The van der Waals surface area contributed by atoms with E-state index in [9.17, 15) is 9.59 Å². The molecule has 1 aromatic heterocycles. The Bertz CT molecular complexity index is 470. The van der Waals surface area contributed by atoms with Gasteiger partial charge in [0.15, 0.2) is 6.29 Å². The smallest absolute Gasteiger partial charge is 0.307 e. The minimum Gasteiger partial charge on any atom is -0.466 e. The fraction of sp³-hybridized carbons (Fsp3) is 0.571. The molecule has 114 valence electrons. The van der Waals surface area contributed by atoms with Gasteiger partial charge in [-0.2, -0.15) is 0 Å². The fourth-order valence-corrected chi connectivity index (χ4v) is 2.24. The van der Waals surface area contributed by atoms with Gasteiger partial charge >= 0.3 is 5.97 Å². The van der Waals surface area contributed by atoms with Gasteiger partial charge in [0, 0.05) is 32.7 Å². The van der Waals surface area contributed by atoms with E-state index in [0.29, 0.717) is 25.0 Å². The molecule has 2 rings (SSSR count). The average molecular weight is 292 g/mol. The molecule has 0 unspecified atom stereocenters. The van der Waals surface area contributed by atoms with Crippen molar-refractivity contribution in [1.29, 1.82) is 0 Å². The molecule has 0 radical (unpaired) electrons. The maximum absolute atomic E-state index is 11.3. The SMILES string of the molecule is CCOC(=O)CCN1CCN(c2cnc(C=O)cn2)CC1. The molecule has 0 spiro atoms. The lowest BCUT2D eigenvalue weighted by atomic mass is 10.3. The van der Waals surface area contributed by atoms with Crippen LogP contribution in [-0.2, 0) is 9.53 Å². The van der Waals surface area contributed by atoms with E-state index >= 15 is 0 Å². The zero-order chi connectivity index (χ0) is 15.1. The predicted octanol–water partition coefficient (Wildman–Crippen LogP) is 0.364. The largest absolute Gasteiger partial charge is 0.466 e. The van der Waals surface area contributed by atoms with Crippen LogP contribution in [-0.4, -0.2) is 66.5 Å². The summed E-state index contributed by atoms with van der Waals surface area (Å²) in [5.74, 6) is 0.640. The quantitative estimate of drug-likeness (QED) is 0.553. The highest BCUT2D eigenvalue weighted by Crippen LogP contribution is 2.12. The summed E-state index contributed by atoms with van der Waals surface area (Å²) < 4.78 is 4.92. The summed E-state index contributed by atoms with van der Waals surface area (Å²) in [7, 11) is 0. The van der Waals surface area contributed by atoms with Crippen molar-refractivity contribution < 1.29 is 14.3 Å². The van der Waals surface area contributed by atoms with Crippen LogP contribution in [0.5, 0.6) is 0 Å². The molecule has 0 aliphatic carbocycles. The van der Waals surface area contributed by atoms with Crippen molar-refractivity contribution in [3.8, 4) is 0 Å². The lowest BCUT2D eigenvalue weighted by molar-refractivity contribution is -0.143. The first-order chi connectivity index (χ1) is 10.2. The number of ether oxygens (including phenoxy) is 1. The third-order valence-electron chi connectivity index (χ3n) is 3.41. The standard InChI is InChI=1S/C14H20N4O3/c1-2-21-14(20)3-4-17-5-7-18(8-6-17)13-10-15-12(11-19)9-16-13/h9-11H,2-8H2,1H3. The summed E-state index contributed by atoms with van der Waals surface area (Å²) in [4.78, 5) is 34.5. The lowest BCUT2D eigenvalue weighted by Crippen LogP contribution is -2.47. The second kappa shape index (κ2) is 7.68. The van der Waals surface area contributed by atoms with Crippen molar-refractivity contribution in [3.05, 3.63) is 18.1 Å². The van der Waals surface area contributed by atoms with Gasteiger partial charge in [0.25, 0.3) is 0 Å². The number of piperazine rings is 1. The molecule has 1 saturated heterocycles. The van der Waals surface area contributed by atoms with Crippen LogP contribution in [0.1, 0.15) is 23.8 Å². The van der Waals surface area contributed by atoms with Gasteiger partial charge in [-0.3, -0.25) is 14.5 Å². The molecule has 1 aliphatic rings. The molecule has 2 heterocycles. The number of carbonyl (C=O) groups excluding carboxylic acids is 2. The maximum atomic E-state index is 11.3. The fourth-order valence-electron chi connectivity index (χ4n) is 2.24. The second-order valence-corrected chi connectivity index (χ2v) is 4.80. The number of aromatic nitrogens is 2. The van der Waals surface area contributed by atoms with Crippen LogP contribution >= 0.6 is 0 Å². The van der Waals surface area contributed by atoms with Crippen molar-refractivity contribution in [2.45, 2.75) is 13.3 Å². The number of anilines is 1. The zero-order valence-corrected chi connectivity index (χ0v) is 12.2. The van der Waals surface area contributed by atoms with E-state index in [0.717, 1.165) is 38.5 Å². The van der Waals surface area contributed by atoms with Crippen molar-refractivity contribution in [3.63, 3.8) is 0 Å². The summed E-state index contributed by atoms with van der Waals surface area (Å²) >= 11 is 0. The lowest BCUT2D eigenvalue weighted by Gasteiger charge is -2.35. The highest BCUT2D eigenvalue weighted by Gasteiger charge is 2.18. The molecule has 1 fully saturated rings. The molecule has 0 amide bonds. The molecule has 0 N–H and O–H groups in total. The van der Waals surface area contributed by atoms with Crippen LogP contribution < -0.4 is 4.90 Å². The van der Waals surface area contributed by atoms with Gasteiger partial charge in [0.1, 0.15) is 11.5 Å². The van der Waals surface area contributed by atoms with Crippen LogP contribution in [0.2, 0.25) is 0 Å². The van der Waals surface area contributed by atoms with E-state index in [-0.39, 0.29) is 5.97 Å². The normalized spacial score (nSPS) is 15.8. The van der Waals surface area contributed by atoms with Crippen LogP contribution in [0.15, 0.2) is 12.4 Å². The molecular formula is C14H20N4O3. The van der Waals surface area contributed by atoms with Crippen LogP contribution in [0.25, 0.3) is 0 Å². The topological polar surface area (TPSA) is 75.6 Å². The molecule has 0 aromatic carbocycles. The Morgan fingerprint density at radius 3 is 2.62 bits per heavy atom. The number of nitrogens with zero attached hydrogens (tertiary/aromatic N) is 4. The average Bonchev–Trinajstić information content (AvgIpc) is 2.54. The Kier molecular flexibility index (Phi) is 5.62.